The molecule has 2 unspecified atom stereocenters. The van der Waals surface area contributed by atoms with E-state index in [-0.39, 0.29) is 0 Å². The van der Waals surface area contributed by atoms with Crippen LogP contribution in [0.15, 0.2) is 16.6 Å². The van der Waals surface area contributed by atoms with Crippen molar-refractivity contribution in [1.82, 2.24) is 5.32 Å². The average Bonchev–Trinajstić information content (AvgIpc) is 2.93. The monoisotopic (exact) mass is 343 g/mol. The lowest BCUT2D eigenvalue weighted by Gasteiger charge is -2.20. The van der Waals surface area contributed by atoms with Crippen molar-refractivity contribution < 1.29 is 14.2 Å². The minimum absolute atomic E-state index is 0.328. The zero-order valence-corrected chi connectivity index (χ0v) is 13.8. The van der Waals surface area contributed by atoms with E-state index in [9.17, 15) is 0 Å². The summed E-state index contributed by atoms with van der Waals surface area (Å²) in [4.78, 5) is 0. The summed E-state index contributed by atoms with van der Waals surface area (Å²) >= 11 is 3.59. The van der Waals surface area contributed by atoms with E-state index >= 15 is 0 Å². The predicted molar refractivity (Wildman–Crippen MR) is 82.5 cm³/mol. The van der Waals surface area contributed by atoms with Crippen LogP contribution in [-0.2, 0) is 11.3 Å². The third-order valence-corrected chi connectivity index (χ3v) is 4.60. The largest absolute Gasteiger partial charge is 0.493 e. The highest BCUT2D eigenvalue weighted by Crippen LogP contribution is 2.33. The number of benzene rings is 1. The fourth-order valence-corrected chi connectivity index (χ4v) is 3.18. The molecule has 0 heterocycles. The van der Waals surface area contributed by atoms with Crippen LogP contribution in [-0.4, -0.2) is 33.5 Å². The maximum Gasteiger partial charge on any atom is 0.161 e. The van der Waals surface area contributed by atoms with E-state index in [1.165, 1.54) is 12.8 Å². The first-order chi connectivity index (χ1) is 9.69. The number of nitrogens with one attached hydrogen (secondary N) is 1. The van der Waals surface area contributed by atoms with Crippen molar-refractivity contribution in [3.63, 3.8) is 0 Å². The van der Waals surface area contributed by atoms with Crippen LogP contribution in [0.4, 0.5) is 0 Å². The Balaban J connectivity index is 2.05. The lowest BCUT2D eigenvalue weighted by molar-refractivity contribution is 0.0847. The Kier molecular flexibility index (Phi) is 5.69. The molecule has 1 aromatic carbocycles. The molecule has 0 saturated heterocycles. The van der Waals surface area contributed by atoms with Crippen molar-refractivity contribution >= 4 is 15.9 Å². The summed E-state index contributed by atoms with van der Waals surface area (Å²) < 4.78 is 17.2. The Bertz CT molecular complexity index is 453. The molecule has 0 radical (unpaired) electrons. The summed E-state index contributed by atoms with van der Waals surface area (Å²) in [5, 5.41) is 3.58. The molecule has 0 aromatic heterocycles. The van der Waals surface area contributed by atoms with Gasteiger partial charge in [0.15, 0.2) is 11.5 Å². The van der Waals surface area contributed by atoms with Crippen LogP contribution in [0.5, 0.6) is 11.5 Å². The fourth-order valence-electron chi connectivity index (χ4n) is 2.71. The van der Waals surface area contributed by atoms with Gasteiger partial charge in [0.2, 0.25) is 0 Å². The molecule has 0 bridgehead atoms. The Morgan fingerprint density at radius 3 is 2.50 bits per heavy atom. The second kappa shape index (κ2) is 7.29. The van der Waals surface area contributed by atoms with Gasteiger partial charge in [0.05, 0.1) is 20.3 Å². The Morgan fingerprint density at radius 1 is 1.15 bits per heavy atom. The zero-order chi connectivity index (χ0) is 14.5. The standard InChI is InChI=1S/C15H22BrNO3/c1-18-13-6-4-5-12(13)17-9-10-7-14(19-2)15(20-3)8-11(10)16/h7-8,12-13,17H,4-6,9H2,1-3H3. The van der Waals surface area contributed by atoms with Gasteiger partial charge in [-0.15, -0.1) is 0 Å². The van der Waals surface area contributed by atoms with Gasteiger partial charge in [-0.25, -0.2) is 0 Å². The molecule has 1 aliphatic rings. The van der Waals surface area contributed by atoms with Crippen molar-refractivity contribution in [3.8, 4) is 11.5 Å². The normalized spacial score (nSPS) is 22.0. The minimum Gasteiger partial charge on any atom is -0.493 e. The molecule has 4 nitrogen and oxygen atoms in total. The van der Waals surface area contributed by atoms with Crippen LogP contribution in [0, 0.1) is 0 Å². The summed E-state index contributed by atoms with van der Waals surface area (Å²) in [6, 6.07) is 4.38. The van der Waals surface area contributed by atoms with E-state index < -0.39 is 0 Å². The van der Waals surface area contributed by atoms with Gasteiger partial charge in [-0.2, -0.15) is 0 Å². The van der Waals surface area contributed by atoms with Crippen LogP contribution in [0.2, 0.25) is 0 Å². The van der Waals surface area contributed by atoms with E-state index in [1.54, 1.807) is 21.3 Å². The third kappa shape index (κ3) is 3.45. The van der Waals surface area contributed by atoms with Gasteiger partial charge in [0.1, 0.15) is 0 Å². The molecule has 1 aliphatic carbocycles. The summed E-state index contributed by atoms with van der Waals surface area (Å²) in [7, 11) is 5.09. The van der Waals surface area contributed by atoms with Crippen LogP contribution in [0.1, 0.15) is 24.8 Å². The molecule has 0 spiro atoms. The molecule has 112 valence electrons. The number of hydrogen-bond donors (Lipinski definition) is 1. The number of halogens is 1. The molecule has 1 N–H and O–H groups in total. The first kappa shape index (κ1) is 15.6. The second-order valence-corrected chi connectivity index (χ2v) is 5.85. The summed E-state index contributed by atoms with van der Waals surface area (Å²) in [5.41, 5.74) is 1.16. The Labute approximate surface area is 128 Å². The van der Waals surface area contributed by atoms with Crippen LogP contribution >= 0.6 is 15.9 Å². The number of hydrogen-bond acceptors (Lipinski definition) is 4. The smallest absolute Gasteiger partial charge is 0.161 e. The highest BCUT2D eigenvalue weighted by Gasteiger charge is 2.26. The van der Waals surface area contributed by atoms with Gasteiger partial charge in [0, 0.05) is 24.2 Å². The molecule has 0 aliphatic heterocycles. The SMILES string of the molecule is COc1cc(Br)c(CNC2CCCC2OC)cc1OC. The van der Waals surface area contributed by atoms with Gasteiger partial charge >= 0.3 is 0 Å². The maximum absolute atomic E-state index is 5.50. The molecule has 5 heteroatoms. The minimum atomic E-state index is 0.328. The van der Waals surface area contributed by atoms with Crippen LogP contribution < -0.4 is 14.8 Å². The lowest BCUT2D eigenvalue weighted by atomic mass is 10.1. The zero-order valence-electron chi connectivity index (χ0n) is 12.2. The highest BCUT2D eigenvalue weighted by molar-refractivity contribution is 9.10. The molecule has 0 amide bonds. The van der Waals surface area contributed by atoms with Crippen molar-refractivity contribution in [3.05, 3.63) is 22.2 Å². The van der Waals surface area contributed by atoms with Crippen LogP contribution in [0.25, 0.3) is 0 Å². The van der Waals surface area contributed by atoms with Crippen molar-refractivity contribution in [2.45, 2.75) is 38.0 Å². The summed E-state index contributed by atoms with van der Waals surface area (Å²) in [6.07, 6.45) is 3.86. The average molecular weight is 344 g/mol. The molecule has 1 saturated carbocycles. The highest BCUT2D eigenvalue weighted by atomic mass is 79.9. The first-order valence-electron chi connectivity index (χ1n) is 6.86. The molecular formula is C15H22BrNO3. The molecule has 1 aromatic rings. The van der Waals surface area contributed by atoms with Crippen molar-refractivity contribution in [1.29, 1.82) is 0 Å². The van der Waals surface area contributed by atoms with Crippen molar-refractivity contribution in [2.75, 3.05) is 21.3 Å². The van der Waals surface area contributed by atoms with E-state index in [4.69, 9.17) is 14.2 Å². The molecular weight excluding hydrogens is 322 g/mol. The van der Waals surface area contributed by atoms with E-state index in [1.807, 2.05) is 12.1 Å². The van der Waals surface area contributed by atoms with Crippen LogP contribution in [0.3, 0.4) is 0 Å². The molecule has 2 atom stereocenters. The van der Waals surface area contributed by atoms with Gasteiger partial charge in [-0.1, -0.05) is 15.9 Å². The third-order valence-electron chi connectivity index (χ3n) is 3.86. The molecule has 2 rings (SSSR count). The quantitative estimate of drug-likeness (QED) is 0.861. The van der Waals surface area contributed by atoms with E-state index in [0.29, 0.717) is 12.1 Å². The Hall–Kier alpha value is -0.780. The summed E-state index contributed by atoms with van der Waals surface area (Å²) in [6.45, 7) is 0.783. The van der Waals surface area contributed by atoms with Gasteiger partial charge in [-0.3, -0.25) is 0 Å². The van der Waals surface area contributed by atoms with E-state index in [2.05, 4.69) is 21.2 Å². The number of methoxy groups -OCH3 is 3. The summed E-state index contributed by atoms with van der Waals surface area (Å²) in [5.74, 6) is 1.49. The maximum atomic E-state index is 5.50. The van der Waals surface area contributed by atoms with E-state index in [0.717, 1.165) is 34.5 Å². The Morgan fingerprint density at radius 2 is 1.85 bits per heavy atom. The molecule has 1 fully saturated rings. The van der Waals surface area contributed by atoms with Gasteiger partial charge in [-0.05, 0) is 37.0 Å². The van der Waals surface area contributed by atoms with Crippen molar-refractivity contribution in [2.24, 2.45) is 0 Å². The van der Waals surface area contributed by atoms with Gasteiger partial charge in [0.25, 0.3) is 0 Å². The second-order valence-electron chi connectivity index (χ2n) is 4.99. The first-order valence-corrected chi connectivity index (χ1v) is 7.65. The number of ether oxygens (including phenoxy) is 3. The van der Waals surface area contributed by atoms with Gasteiger partial charge < -0.3 is 19.5 Å². The fraction of sp³-hybridized carbons (Fsp3) is 0.600. The predicted octanol–water partition coefficient (Wildman–Crippen LogP) is 3.12. The lowest BCUT2D eigenvalue weighted by Crippen LogP contribution is -2.36. The topological polar surface area (TPSA) is 39.7 Å². The number of rotatable bonds is 6. The molecule has 20 heavy (non-hydrogen) atoms.